The lowest BCUT2D eigenvalue weighted by molar-refractivity contribution is -0.128. The van der Waals surface area contributed by atoms with Gasteiger partial charge in [-0.15, -0.1) is 0 Å². The monoisotopic (exact) mass is 330 g/mol. The fourth-order valence-corrected chi connectivity index (χ4v) is 2.07. The van der Waals surface area contributed by atoms with Crippen LogP contribution < -0.4 is 10.2 Å². The minimum Gasteiger partial charge on any atom is -0.354 e. The molecule has 1 N–H and O–H groups in total. The molecule has 0 saturated heterocycles. The second kappa shape index (κ2) is 7.14. The van der Waals surface area contributed by atoms with Gasteiger partial charge in [0, 0.05) is 30.5 Å². The maximum Gasteiger partial charge on any atom is 0.225 e. The van der Waals surface area contributed by atoms with Gasteiger partial charge in [-0.1, -0.05) is 44.0 Å². The van der Waals surface area contributed by atoms with Crippen molar-refractivity contribution in [1.82, 2.24) is 5.32 Å². The van der Waals surface area contributed by atoms with Crippen LogP contribution in [0.3, 0.4) is 0 Å². The first-order valence-electron chi connectivity index (χ1n) is 6.64. The van der Waals surface area contributed by atoms with E-state index < -0.39 is 5.41 Å². The smallest absolute Gasteiger partial charge is 0.225 e. The van der Waals surface area contributed by atoms with Crippen LogP contribution >= 0.6 is 23.2 Å². The van der Waals surface area contributed by atoms with E-state index in [0.29, 0.717) is 28.8 Å². The SMILES string of the molecule is CC(=O)N(CCNC(=O)C(C)(C)C)c1cc(Cl)ccc1Cl. The molecule has 0 aromatic heterocycles. The van der Waals surface area contributed by atoms with E-state index in [1.54, 1.807) is 18.2 Å². The average Bonchev–Trinajstić information content (AvgIpc) is 2.36. The first-order valence-corrected chi connectivity index (χ1v) is 7.40. The molecule has 0 aliphatic heterocycles. The highest BCUT2D eigenvalue weighted by Gasteiger charge is 2.21. The molecule has 1 aromatic rings. The fraction of sp³-hybridized carbons (Fsp3) is 0.467. The van der Waals surface area contributed by atoms with Gasteiger partial charge in [0.2, 0.25) is 11.8 Å². The summed E-state index contributed by atoms with van der Waals surface area (Å²) in [6, 6.07) is 4.94. The van der Waals surface area contributed by atoms with Crippen LogP contribution in [0.25, 0.3) is 0 Å². The van der Waals surface area contributed by atoms with Crippen LogP contribution in [0.4, 0.5) is 5.69 Å². The summed E-state index contributed by atoms with van der Waals surface area (Å²) in [7, 11) is 0. The van der Waals surface area contributed by atoms with Crippen LogP contribution in [0, 0.1) is 5.41 Å². The topological polar surface area (TPSA) is 49.4 Å². The van der Waals surface area contributed by atoms with Gasteiger partial charge >= 0.3 is 0 Å². The number of nitrogens with zero attached hydrogens (tertiary/aromatic N) is 1. The van der Waals surface area contributed by atoms with Crippen molar-refractivity contribution in [1.29, 1.82) is 0 Å². The summed E-state index contributed by atoms with van der Waals surface area (Å²) < 4.78 is 0. The fourth-order valence-electron chi connectivity index (χ4n) is 1.69. The third-order valence-corrected chi connectivity index (χ3v) is 3.44. The molecule has 0 heterocycles. The molecule has 116 valence electrons. The van der Waals surface area contributed by atoms with Crippen LogP contribution in [-0.2, 0) is 9.59 Å². The van der Waals surface area contributed by atoms with Gasteiger partial charge in [-0.3, -0.25) is 9.59 Å². The van der Waals surface area contributed by atoms with Gasteiger partial charge in [0.1, 0.15) is 0 Å². The lowest BCUT2D eigenvalue weighted by Crippen LogP contribution is -2.41. The Balaban J connectivity index is 2.78. The third kappa shape index (κ3) is 5.21. The number of nitrogens with one attached hydrogen (secondary N) is 1. The molecule has 1 rings (SSSR count). The zero-order valence-corrected chi connectivity index (χ0v) is 14.2. The van der Waals surface area contributed by atoms with E-state index in [0.717, 1.165) is 0 Å². The van der Waals surface area contributed by atoms with E-state index in [4.69, 9.17) is 23.2 Å². The first-order chi connectivity index (χ1) is 9.62. The number of amides is 2. The molecule has 0 bridgehead atoms. The van der Waals surface area contributed by atoms with E-state index >= 15 is 0 Å². The molecule has 21 heavy (non-hydrogen) atoms. The molecule has 0 spiro atoms. The number of halogens is 2. The summed E-state index contributed by atoms with van der Waals surface area (Å²) in [6.45, 7) is 7.62. The second-order valence-corrected chi connectivity index (χ2v) is 6.62. The summed E-state index contributed by atoms with van der Waals surface area (Å²) in [4.78, 5) is 25.1. The Hall–Kier alpha value is -1.26. The van der Waals surface area contributed by atoms with Crippen molar-refractivity contribution < 1.29 is 9.59 Å². The third-order valence-electron chi connectivity index (χ3n) is 2.88. The number of hydrogen-bond acceptors (Lipinski definition) is 2. The first kappa shape index (κ1) is 17.8. The molecule has 1 aromatic carbocycles. The lowest BCUT2D eigenvalue weighted by Gasteiger charge is -2.24. The standard InChI is InChI=1S/C15H20Cl2N2O2/c1-10(20)19(8-7-18-14(21)15(2,3)4)13-9-11(16)5-6-12(13)17/h5-6,9H,7-8H2,1-4H3,(H,18,21). The van der Waals surface area contributed by atoms with Crippen molar-refractivity contribution in [3.05, 3.63) is 28.2 Å². The molecule has 4 nitrogen and oxygen atoms in total. The Bertz CT molecular complexity index is 539. The van der Waals surface area contributed by atoms with Crippen LogP contribution in [0.5, 0.6) is 0 Å². The molecule has 0 unspecified atom stereocenters. The van der Waals surface area contributed by atoms with E-state index in [9.17, 15) is 9.59 Å². The number of hydrogen-bond donors (Lipinski definition) is 1. The molecule has 0 fully saturated rings. The normalized spacial score (nSPS) is 11.1. The van der Waals surface area contributed by atoms with E-state index in [1.807, 2.05) is 20.8 Å². The molecule has 0 radical (unpaired) electrons. The predicted octanol–water partition coefficient (Wildman–Crippen LogP) is 3.51. The Kier molecular flexibility index (Phi) is 6.05. The number of carbonyl (C=O) groups excluding carboxylic acids is 2. The predicted molar refractivity (Wildman–Crippen MR) is 87.0 cm³/mol. The van der Waals surface area contributed by atoms with Crippen molar-refractivity contribution in [3.8, 4) is 0 Å². The Morgan fingerprint density at radius 3 is 2.38 bits per heavy atom. The zero-order chi connectivity index (χ0) is 16.2. The zero-order valence-electron chi connectivity index (χ0n) is 12.7. The number of anilines is 1. The summed E-state index contributed by atoms with van der Waals surface area (Å²) in [5.41, 5.74) is 0.0797. The van der Waals surface area contributed by atoms with Gasteiger partial charge < -0.3 is 10.2 Å². The highest BCUT2D eigenvalue weighted by molar-refractivity contribution is 6.35. The van der Waals surface area contributed by atoms with Gasteiger partial charge in [-0.2, -0.15) is 0 Å². The summed E-state index contributed by atoms with van der Waals surface area (Å²) in [5.74, 6) is -0.229. The Morgan fingerprint density at radius 2 is 1.86 bits per heavy atom. The minimum absolute atomic E-state index is 0.0665. The molecule has 0 aliphatic rings. The highest BCUT2D eigenvalue weighted by Crippen LogP contribution is 2.29. The Labute approximate surface area is 135 Å². The molecule has 6 heteroatoms. The van der Waals surface area contributed by atoms with Crippen molar-refractivity contribution >= 4 is 40.7 Å². The van der Waals surface area contributed by atoms with Crippen molar-refractivity contribution in [2.75, 3.05) is 18.0 Å². The van der Waals surface area contributed by atoms with Crippen LogP contribution in [0.2, 0.25) is 10.0 Å². The van der Waals surface area contributed by atoms with Gasteiger partial charge in [-0.05, 0) is 18.2 Å². The molecule has 0 saturated carbocycles. The highest BCUT2D eigenvalue weighted by atomic mass is 35.5. The summed E-state index contributed by atoms with van der Waals surface area (Å²) >= 11 is 12.1. The number of carbonyl (C=O) groups is 2. The van der Waals surface area contributed by atoms with E-state index in [2.05, 4.69) is 5.32 Å². The molecule has 2 amide bonds. The molecular weight excluding hydrogens is 311 g/mol. The number of rotatable bonds is 4. The largest absolute Gasteiger partial charge is 0.354 e. The molecule has 0 aliphatic carbocycles. The van der Waals surface area contributed by atoms with Gasteiger partial charge in [-0.25, -0.2) is 0 Å². The Morgan fingerprint density at radius 1 is 1.24 bits per heavy atom. The van der Waals surface area contributed by atoms with E-state index in [1.165, 1.54) is 11.8 Å². The van der Waals surface area contributed by atoms with Crippen LogP contribution in [-0.4, -0.2) is 24.9 Å². The van der Waals surface area contributed by atoms with Crippen LogP contribution in [0.15, 0.2) is 18.2 Å². The minimum atomic E-state index is -0.464. The maximum absolute atomic E-state index is 11.8. The van der Waals surface area contributed by atoms with Crippen molar-refractivity contribution in [2.24, 2.45) is 5.41 Å². The number of benzene rings is 1. The van der Waals surface area contributed by atoms with Gasteiger partial charge in [0.25, 0.3) is 0 Å². The van der Waals surface area contributed by atoms with Crippen LogP contribution in [0.1, 0.15) is 27.7 Å². The quantitative estimate of drug-likeness (QED) is 0.918. The maximum atomic E-state index is 11.8. The van der Waals surface area contributed by atoms with Crippen molar-refractivity contribution in [3.63, 3.8) is 0 Å². The average molecular weight is 331 g/mol. The molecular formula is C15H20Cl2N2O2. The lowest BCUT2D eigenvalue weighted by atomic mass is 9.96. The van der Waals surface area contributed by atoms with E-state index in [-0.39, 0.29) is 11.8 Å². The van der Waals surface area contributed by atoms with Gasteiger partial charge in [0.15, 0.2) is 0 Å². The molecule has 0 atom stereocenters. The van der Waals surface area contributed by atoms with Gasteiger partial charge in [0.05, 0.1) is 10.7 Å². The summed E-state index contributed by atoms with van der Waals surface area (Å²) in [5, 5.41) is 3.74. The second-order valence-electron chi connectivity index (χ2n) is 5.77. The van der Waals surface area contributed by atoms with Crippen molar-refractivity contribution in [2.45, 2.75) is 27.7 Å². The summed E-state index contributed by atoms with van der Waals surface area (Å²) in [6.07, 6.45) is 0.